The van der Waals surface area contributed by atoms with E-state index in [0.29, 0.717) is 15.6 Å². The van der Waals surface area contributed by atoms with Crippen molar-refractivity contribution < 1.29 is 45.5 Å². The van der Waals surface area contributed by atoms with Crippen LogP contribution in [0.25, 0.3) is 0 Å². The Kier molecular flexibility index (Phi) is 13.1. The molecular weight excluding hydrogens is 310 g/mol. The van der Waals surface area contributed by atoms with E-state index in [2.05, 4.69) is 37.9 Å². The maximum Gasteiger partial charge on any atom is -1.00 e. The van der Waals surface area contributed by atoms with Crippen LogP contribution in [0, 0.1) is 0 Å². The molecule has 1 aliphatic carbocycles. The van der Waals surface area contributed by atoms with E-state index in [-0.39, 0.29) is 24.8 Å². The predicted molar refractivity (Wildman–Crippen MR) is 64.9 cm³/mol. The zero-order valence-corrected chi connectivity index (χ0v) is 15.5. The molecule has 0 radical (unpaired) electrons. The molecule has 0 aromatic rings. The Morgan fingerprint density at radius 1 is 1.18 bits per heavy atom. The van der Waals surface area contributed by atoms with Gasteiger partial charge < -0.3 is 29.9 Å². The Hall–Kier alpha value is 0.821. The summed E-state index contributed by atoms with van der Waals surface area (Å²) in [6, 6.07) is 0. The molecule has 0 fully saturated rings. The van der Waals surface area contributed by atoms with Gasteiger partial charge in [-0.3, -0.25) is 0 Å². The van der Waals surface area contributed by atoms with Crippen molar-refractivity contribution in [2.75, 3.05) is 0 Å². The molecule has 0 aliphatic heterocycles. The Balaban J connectivity index is -0.000000247. The van der Waals surface area contributed by atoms with Crippen molar-refractivity contribution in [1.29, 1.82) is 0 Å². The predicted octanol–water partition coefficient (Wildman–Crippen LogP) is -3.10. The summed E-state index contributed by atoms with van der Waals surface area (Å²) in [6.45, 7) is 12.3. The van der Waals surface area contributed by atoms with Crippen LogP contribution >= 0.6 is 0 Å². The molecule has 1 rings (SSSR count). The first-order valence-electron chi connectivity index (χ1n) is 5.37. The summed E-state index contributed by atoms with van der Waals surface area (Å²) in [6.07, 6.45) is 7.30. The second-order valence-electron chi connectivity index (χ2n) is 5.69. The minimum atomic E-state index is -0.750. The zero-order valence-electron chi connectivity index (χ0n) is 11.6. The molecule has 0 N–H and O–H groups in total. The molecule has 1 aliphatic rings. The van der Waals surface area contributed by atoms with Gasteiger partial charge in [0.15, 0.2) is 0 Å². The summed E-state index contributed by atoms with van der Waals surface area (Å²) < 4.78 is 1.73. The first-order chi connectivity index (χ1) is 6.58. The van der Waals surface area contributed by atoms with E-state index in [1.54, 1.807) is 25.1 Å². The normalized spacial score (nSPS) is 13.5. The van der Waals surface area contributed by atoms with Gasteiger partial charge in [0.05, 0.1) is 0 Å². The average molecular weight is 333 g/mol. The van der Waals surface area contributed by atoms with Crippen molar-refractivity contribution in [1.82, 2.24) is 0 Å². The van der Waals surface area contributed by atoms with Crippen LogP contribution in [0.3, 0.4) is 0 Å². The van der Waals surface area contributed by atoms with Crippen molar-refractivity contribution in [2.24, 2.45) is 0 Å². The fourth-order valence-electron chi connectivity index (χ4n) is 0.950. The van der Waals surface area contributed by atoms with Crippen molar-refractivity contribution >= 4 is 6.45 Å². The third-order valence-corrected chi connectivity index (χ3v) is 7.19. The second-order valence-corrected chi connectivity index (χ2v) is 18.5. The first kappa shape index (κ1) is 23.0. The van der Waals surface area contributed by atoms with Crippen LogP contribution < -0.4 is 29.9 Å². The third-order valence-electron chi connectivity index (χ3n) is 1.23. The monoisotopic (exact) mass is 332 g/mol. The van der Waals surface area contributed by atoms with Crippen LogP contribution in [0.4, 0.5) is 0 Å². The van der Waals surface area contributed by atoms with Gasteiger partial charge in [-0.1, -0.05) is 20.8 Å². The number of hydrogen-bond donors (Lipinski definition) is 0. The SMILES string of the molecule is CC(C)(C)[O-].C[Si](C)(C)[V+3][C]1=CC=CC1.[Cl-].[Cl-]. The molecule has 0 saturated heterocycles. The third kappa shape index (κ3) is 22.5. The van der Waals surface area contributed by atoms with E-state index >= 15 is 0 Å². The van der Waals surface area contributed by atoms with Gasteiger partial charge in [-0.05, 0) is 0 Å². The molecule has 0 bridgehead atoms. The summed E-state index contributed by atoms with van der Waals surface area (Å²) in [7, 11) is 0. The molecule has 0 aromatic carbocycles. The standard InChI is InChI=1S/C5H5.C4H9O.C3H9Si.2ClH.V/c1-2-4-5-3-1;1-4(2,3)5;1-4(2)3;;;/h1-3H,4H2;1-3H3;1-3H3;2*1H;/q;-1;;;;+3/p-2. The Labute approximate surface area is 126 Å². The Morgan fingerprint density at radius 3 is 1.82 bits per heavy atom. The molecule has 5 heteroatoms. The summed E-state index contributed by atoms with van der Waals surface area (Å²) in [5.41, 5.74) is -0.750. The van der Waals surface area contributed by atoms with E-state index in [4.69, 9.17) is 0 Å². The van der Waals surface area contributed by atoms with Gasteiger partial charge in [-0.2, -0.15) is 0 Å². The van der Waals surface area contributed by atoms with E-state index in [0.717, 1.165) is 0 Å². The largest absolute Gasteiger partial charge is 1.00 e. The molecule has 0 atom stereocenters. The van der Waals surface area contributed by atoms with E-state index in [1.165, 1.54) is 6.42 Å². The average Bonchev–Trinajstić information content (AvgIpc) is 2.30. The van der Waals surface area contributed by atoms with Gasteiger partial charge in [0.1, 0.15) is 0 Å². The summed E-state index contributed by atoms with van der Waals surface area (Å²) in [5.74, 6) is 0. The first-order valence-corrected chi connectivity index (χ1v) is 11.6. The molecular formula is C12H23Cl2OSiV. The zero-order chi connectivity index (χ0) is 12.1. The van der Waals surface area contributed by atoms with Crippen LogP contribution in [0.15, 0.2) is 22.5 Å². The molecule has 1 nitrogen and oxygen atoms in total. The van der Waals surface area contributed by atoms with E-state index in [9.17, 15) is 5.11 Å². The van der Waals surface area contributed by atoms with Gasteiger partial charge in [-0.15, -0.1) is 5.60 Å². The summed E-state index contributed by atoms with van der Waals surface area (Å²) in [5, 5.41) is 10.1. The minimum Gasteiger partial charge on any atom is -1.00 e. The fraction of sp³-hybridized carbons (Fsp3) is 0.667. The number of rotatable bonds is 2. The van der Waals surface area contributed by atoms with Gasteiger partial charge in [0, 0.05) is 0 Å². The molecule has 0 saturated carbocycles. The number of hydrogen-bond acceptors (Lipinski definition) is 1. The van der Waals surface area contributed by atoms with Crippen LogP contribution in [0.5, 0.6) is 0 Å². The molecule has 100 valence electrons. The molecule has 0 aromatic heterocycles. The molecule has 17 heavy (non-hydrogen) atoms. The molecule has 0 amide bonds. The van der Waals surface area contributed by atoms with E-state index < -0.39 is 12.0 Å². The van der Waals surface area contributed by atoms with Crippen molar-refractivity contribution in [2.45, 2.75) is 52.4 Å². The maximum absolute atomic E-state index is 10.1. The number of allylic oxidation sites excluding steroid dienone is 4. The van der Waals surface area contributed by atoms with Crippen LogP contribution in [-0.2, 0) is 15.6 Å². The van der Waals surface area contributed by atoms with Crippen LogP contribution in [-0.4, -0.2) is 12.0 Å². The van der Waals surface area contributed by atoms with Crippen molar-refractivity contribution in [3.8, 4) is 0 Å². The quantitative estimate of drug-likeness (QED) is 0.491. The molecule has 0 heterocycles. The smallest absolute Gasteiger partial charge is 1.00 e. The van der Waals surface area contributed by atoms with Crippen molar-refractivity contribution in [3.63, 3.8) is 0 Å². The second kappa shape index (κ2) is 9.71. The van der Waals surface area contributed by atoms with Crippen LogP contribution in [0.1, 0.15) is 27.2 Å². The van der Waals surface area contributed by atoms with E-state index in [1.807, 2.05) is 0 Å². The van der Waals surface area contributed by atoms with Gasteiger partial charge >= 0.3 is 70.6 Å². The minimum absolute atomic E-state index is 0. The topological polar surface area (TPSA) is 23.1 Å². The van der Waals surface area contributed by atoms with Gasteiger partial charge in [0.25, 0.3) is 0 Å². The fourth-order valence-corrected chi connectivity index (χ4v) is 7.09. The Bertz CT molecular complexity index is 246. The Morgan fingerprint density at radius 2 is 1.59 bits per heavy atom. The number of halogens is 2. The summed E-state index contributed by atoms with van der Waals surface area (Å²) in [4.78, 5) is 0. The maximum atomic E-state index is 10.1. The van der Waals surface area contributed by atoms with Gasteiger partial charge in [0.2, 0.25) is 0 Å². The molecule has 0 spiro atoms. The van der Waals surface area contributed by atoms with Crippen molar-refractivity contribution in [3.05, 3.63) is 22.5 Å². The van der Waals surface area contributed by atoms with Crippen LogP contribution in [0.2, 0.25) is 19.6 Å². The van der Waals surface area contributed by atoms with Gasteiger partial charge in [-0.25, -0.2) is 0 Å². The summed E-state index contributed by atoms with van der Waals surface area (Å²) >= 11 is 0.557. The molecule has 0 unspecified atom stereocenters.